The van der Waals surface area contributed by atoms with Gasteiger partial charge in [-0.2, -0.15) is 5.26 Å². The summed E-state index contributed by atoms with van der Waals surface area (Å²) >= 11 is 0. The maximum absolute atomic E-state index is 9.08. The van der Waals surface area contributed by atoms with Gasteiger partial charge in [0.05, 0.1) is 5.57 Å². The summed E-state index contributed by atoms with van der Waals surface area (Å²) in [5.41, 5.74) is 6.61. The maximum Gasteiger partial charge on any atom is 0.101 e. The molecule has 0 bridgehead atoms. The molecule has 9 atom stereocenters. The number of ether oxygens (including phenoxy) is 1. The summed E-state index contributed by atoms with van der Waals surface area (Å²) in [6.45, 7) is 6.07. The first-order valence-electron chi connectivity index (χ1n) is 13.0. The van der Waals surface area contributed by atoms with Crippen LogP contribution in [0, 0.1) is 64.1 Å². The van der Waals surface area contributed by atoms with E-state index in [2.05, 4.69) is 26.0 Å². The second-order valence-corrected chi connectivity index (χ2v) is 11.6. The lowest BCUT2D eigenvalue weighted by molar-refractivity contribution is -0.0768. The van der Waals surface area contributed by atoms with Crippen LogP contribution < -0.4 is 5.73 Å². The molecule has 4 aliphatic rings. The van der Waals surface area contributed by atoms with Gasteiger partial charge in [-0.15, -0.1) is 0 Å². The summed E-state index contributed by atoms with van der Waals surface area (Å²) in [4.78, 5) is 0. The summed E-state index contributed by atoms with van der Waals surface area (Å²) in [7, 11) is 1.87. The molecule has 0 aromatic rings. The molecule has 4 saturated carbocycles. The summed E-state index contributed by atoms with van der Waals surface area (Å²) in [6, 6.07) is 2.15. The number of fused-ring (bicyclic) bond motifs is 5. The van der Waals surface area contributed by atoms with Gasteiger partial charge in [0.2, 0.25) is 0 Å². The summed E-state index contributed by atoms with van der Waals surface area (Å²) in [6.07, 6.45) is 19.6. The van der Waals surface area contributed by atoms with Gasteiger partial charge in [-0.1, -0.05) is 19.9 Å². The third-order valence-corrected chi connectivity index (χ3v) is 10.3. The molecule has 0 aliphatic heterocycles. The van der Waals surface area contributed by atoms with Gasteiger partial charge in [0, 0.05) is 19.9 Å². The fourth-order valence-electron chi connectivity index (χ4n) is 9.02. The zero-order valence-corrected chi connectivity index (χ0v) is 20.1. The fraction of sp³-hybridized carbons (Fsp3) is 0.821. The molecule has 0 aromatic carbocycles. The van der Waals surface area contributed by atoms with Crippen molar-refractivity contribution in [3.05, 3.63) is 23.9 Å². The largest absolute Gasteiger partial charge is 0.404 e. The van der Waals surface area contributed by atoms with Crippen LogP contribution in [-0.4, -0.2) is 13.7 Å². The molecule has 172 valence electrons. The van der Waals surface area contributed by atoms with Gasteiger partial charge in [-0.25, -0.2) is 0 Å². The van der Waals surface area contributed by atoms with Gasteiger partial charge in [-0.3, -0.25) is 0 Å². The minimum absolute atomic E-state index is 0.524. The lowest BCUT2D eigenvalue weighted by Crippen LogP contribution is -2.49. The highest BCUT2D eigenvalue weighted by atomic mass is 16.5. The highest BCUT2D eigenvalue weighted by molar-refractivity contribution is 5.31. The van der Waals surface area contributed by atoms with Crippen LogP contribution in [0.25, 0.3) is 0 Å². The standard InChI is InChI=1S/C28H44N2O/c1-19(5-4-6-21(16-29)17-30)26-11-12-27-25-10-8-22-15-20(18-31-3)7-9-23(22)24(25)13-14-28(26,27)2/h4,6,16,19-20,22-27H,5,7-15,18,29H2,1-3H3/b6-4-,21-16+. The number of nitrogens with two attached hydrogens (primary N) is 1. The number of methoxy groups -OCH3 is 1. The first-order chi connectivity index (χ1) is 15.0. The van der Waals surface area contributed by atoms with E-state index in [0.29, 0.717) is 16.9 Å². The summed E-state index contributed by atoms with van der Waals surface area (Å²) in [5, 5.41) is 9.08. The monoisotopic (exact) mass is 424 g/mol. The third kappa shape index (κ3) is 4.35. The van der Waals surface area contributed by atoms with Crippen LogP contribution in [0.1, 0.15) is 78.1 Å². The topological polar surface area (TPSA) is 59.0 Å². The Bertz CT molecular complexity index is 721. The van der Waals surface area contributed by atoms with Gasteiger partial charge in [0.25, 0.3) is 0 Å². The fourth-order valence-corrected chi connectivity index (χ4v) is 9.02. The van der Waals surface area contributed by atoms with E-state index >= 15 is 0 Å². The van der Waals surface area contributed by atoms with E-state index < -0.39 is 0 Å². The Morgan fingerprint density at radius 1 is 1.13 bits per heavy atom. The predicted octanol–water partition coefficient (Wildman–Crippen LogP) is 6.47. The SMILES string of the molecule is COCC1CCC2C(CCC3C2CCC2(C)C(C(C)C/C=C\C(C#N)=C/N)CCC32)C1. The number of nitriles is 1. The Balaban J connectivity index is 1.40. The first-order valence-corrected chi connectivity index (χ1v) is 13.0. The molecule has 0 radical (unpaired) electrons. The number of nitrogens with zero attached hydrogens (tertiary/aromatic N) is 1. The highest BCUT2D eigenvalue weighted by Crippen LogP contribution is 2.65. The van der Waals surface area contributed by atoms with Gasteiger partial charge < -0.3 is 10.5 Å². The maximum atomic E-state index is 9.08. The molecule has 9 unspecified atom stereocenters. The average molecular weight is 425 g/mol. The van der Waals surface area contributed by atoms with E-state index in [4.69, 9.17) is 15.7 Å². The predicted molar refractivity (Wildman–Crippen MR) is 127 cm³/mol. The zero-order chi connectivity index (χ0) is 22.0. The van der Waals surface area contributed by atoms with Crippen molar-refractivity contribution >= 4 is 0 Å². The number of rotatable bonds is 6. The minimum Gasteiger partial charge on any atom is -0.404 e. The van der Waals surface area contributed by atoms with E-state index in [-0.39, 0.29) is 0 Å². The normalized spacial score (nSPS) is 43.7. The van der Waals surface area contributed by atoms with Gasteiger partial charge >= 0.3 is 0 Å². The molecule has 0 aromatic heterocycles. The van der Waals surface area contributed by atoms with Crippen molar-refractivity contribution in [2.75, 3.05) is 13.7 Å². The van der Waals surface area contributed by atoms with Crippen molar-refractivity contribution in [2.45, 2.75) is 78.1 Å². The van der Waals surface area contributed by atoms with E-state index in [1.165, 1.54) is 64.0 Å². The minimum atomic E-state index is 0.524. The second kappa shape index (κ2) is 9.70. The molecular formula is C28H44N2O. The smallest absolute Gasteiger partial charge is 0.101 e. The van der Waals surface area contributed by atoms with Crippen molar-refractivity contribution < 1.29 is 4.74 Å². The van der Waals surface area contributed by atoms with Crippen molar-refractivity contribution in [1.82, 2.24) is 0 Å². The molecule has 4 fully saturated rings. The van der Waals surface area contributed by atoms with Crippen LogP contribution in [0.5, 0.6) is 0 Å². The molecule has 31 heavy (non-hydrogen) atoms. The zero-order valence-electron chi connectivity index (χ0n) is 20.1. The van der Waals surface area contributed by atoms with E-state index in [1.807, 2.05) is 13.2 Å². The average Bonchev–Trinajstić information content (AvgIpc) is 3.14. The molecule has 0 saturated heterocycles. The second-order valence-electron chi connectivity index (χ2n) is 11.6. The molecule has 3 heteroatoms. The van der Waals surface area contributed by atoms with E-state index in [0.717, 1.165) is 54.5 Å². The Kier molecular flexibility index (Phi) is 7.17. The molecule has 0 heterocycles. The van der Waals surface area contributed by atoms with Crippen LogP contribution in [0.4, 0.5) is 0 Å². The Hall–Kier alpha value is -1.27. The van der Waals surface area contributed by atoms with Gasteiger partial charge in [-0.05, 0) is 123 Å². The van der Waals surface area contributed by atoms with Crippen LogP contribution in [0.3, 0.4) is 0 Å². The van der Waals surface area contributed by atoms with Crippen molar-refractivity contribution in [3.63, 3.8) is 0 Å². The number of hydrogen-bond acceptors (Lipinski definition) is 3. The van der Waals surface area contributed by atoms with Gasteiger partial charge in [0.15, 0.2) is 0 Å². The van der Waals surface area contributed by atoms with Crippen molar-refractivity contribution in [1.29, 1.82) is 5.26 Å². The first kappa shape index (κ1) is 22.9. The Morgan fingerprint density at radius 3 is 2.68 bits per heavy atom. The van der Waals surface area contributed by atoms with Gasteiger partial charge in [0.1, 0.15) is 6.07 Å². The molecule has 3 nitrogen and oxygen atoms in total. The lowest BCUT2D eigenvalue weighted by atomic mass is 9.48. The van der Waals surface area contributed by atoms with Crippen LogP contribution >= 0.6 is 0 Å². The quantitative estimate of drug-likeness (QED) is 0.393. The number of hydrogen-bond donors (Lipinski definition) is 1. The Morgan fingerprint density at radius 2 is 1.94 bits per heavy atom. The lowest BCUT2D eigenvalue weighted by Gasteiger charge is -2.57. The molecule has 0 spiro atoms. The highest BCUT2D eigenvalue weighted by Gasteiger charge is 2.57. The van der Waals surface area contributed by atoms with E-state index in [1.54, 1.807) is 0 Å². The van der Waals surface area contributed by atoms with Crippen LogP contribution in [0.15, 0.2) is 23.9 Å². The molecule has 0 amide bonds. The molecule has 2 N–H and O–H groups in total. The van der Waals surface area contributed by atoms with Crippen molar-refractivity contribution in [3.8, 4) is 6.07 Å². The molecule has 4 aliphatic carbocycles. The summed E-state index contributed by atoms with van der Waals surface area (Å²) < 4.78 is 5.50. The van der Waals surface area contributed by atoms with Crippen LogP contribution in [-0.2, 0) is 4.74 Å². The number of allylic oxidation sites excluding steroid dienone is 3. The summed E-state index contributed by atoms with van der Waals surface area (Å²) in [5.74, 6) is 7.23. The van der Waals surface area contributed by atoms with Crippen LogP contribution in [0.2, 0.25) is 0 Å². The Labute approximate surface area is 190 Å². The van der Waals surface area contributed by atoms with E-state index in [9.17, 15) is 0 Å². The van der Waals surface area contributed by atoms with Crippen molar-refractivity contribution in [2.24, 2.45) is 58.5 Å². The molecule has 4 rings (SSSR count). The molecular weight excluding hydrogens is 380 g/mol. The third-order valence-electron chi connectivity index (χ3n) is 10.3.